The number of hydrogen-bond donors (Lipinski definition) is 0. The van der Waals surface area contributed by atoms with Gasteiger partial charge in [0.2, 0.25) is 0 Å². The van der Waals surface area contributed by atoms with Gasteiger partial charge in [-0.3, -0.25) is 4.79 Å². The maximum atomic E-state index is 12.7. The molecule has 0 heterocycles. The van der Waals surface area contributed by atoms with Gasteiger partial charge >= 0.3 is 0 Å². The third kappa shape index (κ3) is 4.77. The van der Waals surface area contributed by atoms with Crippen LogP contribution in [0.25, 0.3) is 0 Å². The normalized spacial score (nSPS) is 13.7. The maximum Gasteiger partial charge on any atom is 0.263 e. The van der Waals surface area contributed by atoms with Crippen LogP contribution in [-0.4, -0.2) is 38.6 Å². The number of carbonyl (C=O) groups is 1. The lowest BCUT2D eigenvalue weighted by Crippen LogP contribution is -2.39. The van der Waals surface area contributed by atoms with E-state index in [0.717, 1.165) is 11.8 Å². The molecule has 0 saturated carbocycles. The number of halogens is 1. The van der Waals surface area contributed by atoms with Gasteiger partial charge in [-0.25, -0.2) is 8.42 Å². The molecule has 0 N–H and O–H groups in total. The van der Waals surface area contributed by atoms with Crippen molar-refractivity contribution in [2.75, 3.05) is 13.3 Å². The number of amides is 1. The Morgan fingerprint density at radius 3 is 2.19 bits per heavy atom. The van der Waals surface area contributed by atoms with Gasteiger partial charge in [-0.1, -0.05) is 35.9 Å². The zero-order valence-electron chi connectivity index (χ0n) is 15.1. The minimum absolute atomic E-state index is 0.204. The molecule has 2 aromatic rings. The van der Waals surface area contributed by atoms with Gasteiger partial charge in [0.25, 0.3) is 5.91 Å². The molecular formula is C19H22ClNO4S. The lowest BCUT2D eigenvalue weighted by atomic mass is 10.1. The molecule has 0 aromatic heterocycles. The minimum Gasteiger partial charge on any atom is -0.479 e. The second-order valence-corrected chi connectivity index (χ2v) is 8.58. The van der Waals surface area contributed by atoms with Crippen LogP contribution in [0.15, 0.2) is 53.4 Å². The molecule has 26 heavy (non-hydrogen) atoms. The molecule has 0 saturated heterocycles. The fraction of sp³-hybridized carbons (Fsp3) is 0.316. The number of hydrogen-bond acceptors (Lipinski definition) is 4. The number of benzene rings is 2. The van der Waals surface area contributed by atoms with E-state index in [9.17, 15) is 13.2 Å². The van der Waals surface area contributed by atoms with E-state index in [2.05, 4.69) is 0 Å². The number of ether oxygens (including phenoxy) is 1. The fourth-order valence-electron chi connectivity index (χ4n) is 2.48. The molecule has 2 atom stereocenters. The summed E-state index contributed by atoms with van der Waals surface area (Å²) in [6.07, 6.45) is 0.451. The number of sulfone groups is 1. The standard InChI is InChI=1S/C19H22ClNO4S/c1-13(15-9-11-16(12-10-15)26(4,23)24)21(3)19(22)14(2)25-18-8-6-5-7-17(18)20/h5-14H,1-4H3. The fourth-order valence-corrected chi connectivity index (χ4v) is 3.29. The Balaban J connectivity index is 2.10. The van der Waals surface area contributed by atoms with Crippen molar-refractivity contribution in [3.8, 4) is 5.75 Å². The van der Waals surface area contributed by atoms with Crippen molar-refractivity contribution in [1.82, 2.24) is 4.90 Å². The highest BCUT2D eigenvalue weighted by Crippen LogP contribution is 2.26. The Hall–Kier alpha value is -2.05. The number of likely N-dealkylation sites (N-methyl/N-ethyl adjacent to an activating group) is 1. The number of carbonyl (C=O) groups excluding carboxylic acids is 1. The number of para-hydroxylation sites is 1. The average Bonchev–Trinajstić information content (AvgIpc) is 2.61. The van der Waals surface area contributed by atoms with Crippen molar-refractivity contribution < 1.29 is 17.9 Å². The van der Waals surface area contributed by atoms with Crippen molar-refractivity contribution in [2.24, 2.45) is 0 Å². The van der Waals surface area contributed by atoms with Gasteiger partial charge in [-0.15, -0.1) is 0 Å². The third-order valence-corrected chi connectivity index (χ3v) is 5.65. The molecule has 2 rings (SSSR count). The first-order chi connectivity index (χ1) is 12.1. The smallest absolute Gasteiger partial charge is 0.263 e. The molecule has 7 heteroatoms. The van der Waals surface area contributed by atoms with Crippen LogP contribution >= 0.6 is 11.6 Å². The van der Waals surface area contributed by atoms with Gasteiger partial charge in [0.15, 0.2) is 15.9 Å². The number of rotatable bonds is 6. The lowest BCUT2D eigenvalue weighted by molar-refractivity contribution is -0.138. The van der Waals surface area contributed by atoms with E-state index < -0.39 is 15.9 Å². The summed E-state index contributed by atoms with van der Waals surface area (Å²) in [6.45, 7) is 3.54. The van der Waals surface area contributed by atoms with Crippen LogP contribution in [0.2, 0.25) is 5.02 Å². The second-order valence-electron chi connectivity index (χ2n) is 6.16. The second kappa shape index (κ2) is 8.10. The quantitative estimate of drug-likeness (QED) is 0.747. The van der Waals surface area contributed by atoms with E-state index in [1.807, 2.05) is 6.92 Å². The van der Waals surface area contributed by atoms with E-state index >= 15 is 0 Å². The molecule has 2 unspecified atom stereocenters. The van der Waals surface area contributed by atoms with Crippen molar-refractivity contribution in [1.29, 1.82) is 0 Å². The van der Waals surface area contributed by atoms with Gasteiger partial charge in [-0.2, -0.15) is 0 Å². The van der Waals surface area contributed by atoms with Gasteiger partial charge in [-0.05, 0) is 43.7 Å². The Labute approximate surface area is 159 Å². The highest BCUT2D eigenvalue weighted by atomic mass is 35.5. The van der Waals surface area contributed by atoms with Gasteiger partial charge in [0, 0.05) is 13.3 Å². The van der Waals surface area contributed by atoms with Crippen molar-refractivity contribution in [2.45, 2.75) is 30.9 Å². The lowest BCUT2D eigenvalue weighted by Gasteiger charge is -2.28. The predicted molar refractivity (Wildman–Crippen MR) is 102 cm³/mol. The predicted octanol–water partition coefficient (Wildman–Crippen LogP) is 3.73. The van der Waals surface area contributed by atoms with E-state index in [4.69, 9.17) is 16.3 Å². The Kier molecular flexibility index (Phi) is 6.31. The summed E-state index contributed by atoms with van der Waals surface area (Å²) in [4.78, 5) is 14.5. The van der Waals surface area contributed by atoms with E-state index in [1.54, 1.807) is 67.4 Å². The molecule has 0 fully saturated rings. The Morgan fingerprint density at radius 1 is 1.08 bits per heavy atom. The van der Waals surface area contributed by atoms with Crippen LogP contribution in [0.4, 0.5) is 0 Å². The molecule has 1 amide bonds. The summed E-state index contributed by atoms with van der Waals surface area (Å²) in [5.41, 5.74) is 0.832. The van der Waals surface area contributed by atoms with Crippen molar-refractivity contribution in [3.05, 3.63) is 59.1 Å². The average molecular weight is 396 g/mol. The summed E-state index contributed by atoms with van der Waals surface area (Å²) in [6, 6.07) is 13.3. The molecule has 0 aliphatic rings. The van der Waals surface area contributed by atoms with Gasteiger partial charge < -0.3 is 9.64 Å². The minimum atomic E-state index is -3.25. The molecule has 0 bridgehead atoms. The summed E-state index contributed by atoms with van der Waals surface area (Å²) in [5, 5.41) is 0.444. The van der Waals surface area contributed by atoms with E-state index in [0.29, 0.717) is 10.8 Å². The van der Waals surface area contributed by atoms with Crippen LogP contribution < -0.4 is 4.74 Å². The monoisotopic (exact) mass is 395 g/mol. The van der Waals surface area contributed by atoms with Crippen LogP contribution in [0.1, 0.15) is 25.5 Å². The largest absolute Gasteiger partial charge is 0.479 e. The first-order valence-electron chi connectivity index (χ1n) is 8.09. The Morgan fingerprint density at radius 2 is 1.65 bits per heavy atom. The number of nitrogens with zero attached hydrogens (tertiary/aromatic N) is 1. The summed E-state index contributed by atoms with van der Waals surface area (Å²) >= 11 is 6.06. The SMILES string of the molecule is CC(Oc1ccccc1Cl)C(=O)N(C)C(C)c1ccc(S(C)(=O)=O)cc1. The highest BCUT2D eigenvalue weighted by molar-refractivity contribution is 7.90. The maximum absolute atomic E-state index is 12.7. The molecule has 0 spiro atoms. The summed E-state index contributed by atoms with van der Waals surface area (Å²) in [5.74, 6) is 0.248. The van der Waals surface area contributed by atoms with Gasteiger partial charge in [0.05, 0.1) is 16.0 Å². The molecule has 0 aliphatic carbocycles. The van der Waals surface area contributed by atoms with Crippen LogP contribution in [0.3, 0.4) is 0 Å². The topological polar surface area (TPSA) is 63.7 Å². The first kappa shape index (κ1) is 20.3. The molecular weight excluding hydrogens is 374 g/mol. The van der Waals surface area contributed by atoms with Gasteiger partial charge in [0.1, 0.15) is 5.75 Å². The molecule has 5 nitrogen and oxygen atoms in total. The zero-order chi connectivity index (χ0) is 19.5. The molecule has 0 radical (unpaired) electrons. The highest BCUT2D eigenvalue weighted by Gasteiger charge is 2.24. The van der Waals surface area contributed by atoms with Crippen molar-refractivity contribution in [3.63, 3.8) is 0 Å². The third-order valence-electron chi connectivity index (χ3n) is 4.21. The summed E-state index contributed by atoms with van der Waals surface area (Å²) in [7, 11) is -1.56. The van der Waals surface area contributed by atoms with Crippen LogP contribution in [0, 0.1) is 0 Å². The van der Waals surface area contributed by atoms with Crippen LogP contribution in [0.5, 0.6) is 5.75 Å². The summed E-state index contributed by atoms with van der Waals surface area (Å²) < 4.78 is 28.8. The first-order valence-corrected chi connectivity index (χ1v) is 10.4. The van der Waals surface area contributed by atoms with E-state index in [-0.39, 0.29) is 16.8 Å². The molecule has 140 valence electrons. The zero-order valence-corrected chi connectivity index (χ0v) is 16.7. The van der Waals surface area contributed by atoms with Crippen molar-refractivity contribution >= 4 is 27.3 Å². The molecule has 2 aromatic carbocycles. The molecule has 0 aliphatic heterocycles. The van der Waals surface area contributed by atoms with Crippen LogP contribution in [-0.2, 0) is 14.6 Å². The Bertz CT molecular complexity index is 881. The van der Waals surface area contributed by atoms with E-state index in [1.165, 1.54) is 0 Å².